The number of amides is 1. The van der Waals surface area contributed by atoms with E-state index in [0.717, 1.165) is 6.42 Å². The predicted octanol–water partition coefficient (Wildman–Crippen LogP) is 2.29. The van der Waals surface area contributed by atoms with E-state index in [0.29, 0.717) is 11.6 Å². The van der Waals surface area contributed by atoms with Gasteiger partial charge in [-0.15, -0.1) is 0 Å². The molecule has 0 bridgehead atoms. The molecule has 0 spiro atoms. The SMILES string of the molecule is CC1CC1C(=O)Nc1ccc(F)c(C#N)c1. The Morgan fingerprint density at radius 3 is 2.88 bits per heavy atom. The molecule has 1 aromatic rings. The van der Waals surface area contributed by atoms with Gasteiger partial charge in [0.2, 0.25) is 5.91 Å². The normalized spacial score (nSPS) is 22.3. The fourth-order valence-electron chi connectivity index (χ4n) is 1.61. The summed E-state index contributed by atoms with van der Waals surface area (Å²) in [5.41, 5.74) is 0.420. The van der Waals surface area contributed by atoms with Gasteiger partial charge >= 0.3 is 0 Å². The first kappa shape index (κ1) is 10.6. The molecule has 0 radical (unpaired) electrons. The van der Waals surface area contributed by atoms with Crippen molar-refractivity contribution in [2.45, 2.75) is 13.3 Å². The molecule has 1 aliphatic rings. The summed E-state index contributed by atoms with van der Waals surface area (Å²) in [4.78, 5) is 11.6. The van der Waals surface area contributed by atoms with E-state index in [9.17, 15) is 9.18 Å². The Kier molecular flexibility index (Phi) is 2.61. The summed E-state index contributed by atoms with van der Waals surface area (Å²) in [6, 6.07) is 5.73. The maximum atomic E-state index is 13.0. The number of rotatable bonds is 2. The summed E-state index contributed by atoms with van der Waals surface area (Å²) in [5, 5.41) is 11.3. The Hall–Kier alpha value is -1.89. The van der Waals surface area contributed by atoms with Gasteiger partial charge in [-0.3, -0.25) is 4.79 Å². The van der Waals surface area contributed by atoms with Gasteiger partial charge in [-0.25, -0.2) is 4.39 Å². The number of carbonyl (C=O) groups is 1. The quantitative estimate of drug-likeness (QED) is 0.828. The van der Waals surface area contributed by atoms with Crippen LogP contribution in [0.25, 0.3) is 0 Å². The first-order valence-electron chi connectivity index (χ1n) is 5.12. The number of carbonyl (C=O) groups excluding carboxylic acids is 1. The van der Waals surface area contributed by atoms with Crippen LogP contribution < -0.4 is 5.32 Å². The molecular weight excluding hydrogens is 207 g/mol. The first-order chi connectivity index (χ1) is 7.61. The third-order valence-electron chi connectivity index (χ3n) is 2.80. The molecule has 1 saturated carbocycles. The summed E-state index contributed by atoms with van der Waals surface area (Å²) in [6.45, 7) is 2.01. The van der Waals surface area contributed by atoms with Crippen molar-refractivity contribution in [3.63, 3.8) is 0 Å². The largest absolute Gasteiger partial charge is 0.326 e. The summed E-state index contributed by atoms with van der Waals surface area (Å²) in [7, 11) is 0. The lowest BCUT2D eigenvalue weighted by atomic mass is 10.2. The van der Waals surface area contributed by atoms with E-state index < -0.39 is 5.82 Å². The molecule has 4 heteroatoms. The maximum Gasteiger partial charge on any atom is 0.227 e. The van der Waals surface area contributed by atoms with E-state index in [1.54, 1.807) is 6.07 Å². The zero-order chi connectivity index (χ0) is 11.7. The Morgan fingerprint density at radius 2 is 2.31 bits per heavy atom. The number of benzene rings is 1. The summed E-state index contributed by atoms with van der Waals surface area (Å²) < 4.78 is 13.0. The standard InChI is InChI=1S/C12H11FN2O/c1-7-4-10(7)12(16)15-9-2-3-11(13)8(5-9)6-14/h2-3,5,7,10H,4H2,1H3,(H,15,16). The molecular formula is C12H11FN2O. The topological polar surface area (TPSA) is 52.9 Å². The molecule has 1 aromatic carbocycles. The zero-order valence-corrected chi connectivity index (χ0v) is 8.83. The van der Waals surface area contributed by atoms with Crippen LogP contribution in [0.4, 0.5) is 10.1 Å². The zero-order valence-electron chi connectivity index (χ0n) is 8.83. The minimum absolute atomic E-state index is 0.0528. The van der Waals surface area contributed by atoms with Gasteiger partial charge in [-0.05, 0) is 30.5 Å². The second kappa shape index (κ2) is 3.93. The molecule has 16 heavy (non-hydrogen) atoms. The number of nitriles is 1. The van der Waals surface area contributed by atoms with Crippen LogP contribution >= 0.6 is 0 Å². The van der Waals surface area contributed by atoms with Crippen molar-refractivity contribution in [3.05, 3.63) is 29.6 Å². The van der Waals surface area contributed by atoms with Crippen molar-refractivity contribution in [3.8, 4) is 6.07 Å². The molecule has 2 rings (SSSR count). The molecule has 82 valence electrons. The average Bonchev–Trinajstić information content (AvgIpc) is 2.98. The van der Waals surface area contributed by atoms with Crippen molar-refractivity contribution in [1.82, 2.24) is 0 Å². The van der Waals surface area contributed by atoms with Crippen LogP contribution in [0.3, 0.4) is 0 Å². The van der Waals surface area contributed by atoms with Crippen molar-refractivity contribution in [2.24, 2.45) is 11.8 Å². The summed E-state index contributed by atoms with van der Waals surface area (Å²) in [5.74, 6) is -0.130. The van der Waals surface area contributed by atoms with Crippen molar-refractivity contribution >= 4 is 11.6 Å². The number of hydrogen-bond acceptors (Lipinski definition) is 2. The van der Waals surface area contributed by atoms with Crippen molar-refractivity contribution < 1.29 is 9.18 Å². The highest BCUT2D eigenvalue weighted by atomic mass is 19.1. The van der Waals surface area contributed by atoms with Crippen LogP contribution in [0.15, 0.2) is 18.2 Å². The molecule has 0 aromatic heterocycles. The molecule has 1 N–H and O–H groups in total. The predicted molar refractivity (Wildman–Crippen MR) is 57.0 cm³/mol. The first-order valence-corrected chi connectivity index (χ1v) is 5.12. The van der Waals surface area contributed by atoms with Gasteiger partial charge in [0, 0.05) is 11.6 Å². The number of halogens is 1. The molecule has 1 aliphatic carbocycles. The molecule has 1 fully saturated rings. The lowest BCUT2D eigenvalue weighted by Gasteiger charge is -2.04. The fourth-order valence-corrected chi connectivity index (χ4v) is 1.61. The van der Waals surface area contributed by atoms with Crippen LogP contribution in [-0.2, 0) is 4.79 Å². The van der Waals surface area contributed by atoms with E-state index in [4.69, 9.17) is 5.26 Å². The van der Waals surface area contributed by atoms with Gasteiger partial charge in [0.25, 0.3) is 0 Å². The highest BCUT2D eigenvalue weighted by Crippen LogP contribution is 2.38. The number of nitrogens with zero attached hydrogens (tertiary/aromatic N) is 1. The fraction of sp³-hybridized carbons (Fsp3) is 0.333. The van der Waals surface area contributed by atoms with Crippen molar-refractivity contribution in [1.29, 1.82) is 5.26 Å². The molecule has 2 unspecified atom stereocenters. The second-order valence-corrected chi connectivity index (χ2v) is 4.12. The van der Waals surface area contributed by atoms with E-state index >= 15 is 0 Å². The van der Waals surface area contributed by atoms with Crippen LogP contribution in [0.5, 0.6) is 0 Å². The lowest BCUT2D eigenvalue weighted by Crippen LogP contribution is -2.14. The van der Waals surface area contributed by atoms with Gasteiger partial charge in [-0.1, -0.05) is 6.92 Å². The Morgan fingerprint density at radius 1 is 1.62 bits per heavy atom. The van der Waals surface area contributed by atoms with Crippen LogP contribution in [0.1, 0.15) is 18.9 Å². The molecule has 1 amide bonds. The van der Waals surface area contributed by atoms with Gasteiger partial charge in [0.1, 0.15) is 11.9 Å². The van der Waals surface area contributed by atoms with Gasteiger partial charge in [0.15, 0.2) is 0 Å². The van der Waals surface area contributed by atoms with Crippen LogP contribution in [-0.4, -0.2) is 5.91 Å². The monoisotopic (exact) mass is 218 g/mol. The highest BCUT2D eigenvalue weighted by Gasteiger charge is 2.39. The Bertz CT molecular complexity index is 478. The van der Waals surface area contributed by atoms with E-state index in [1.807, 2.05) is 6.92 Å². The van der Waals surface area contributed by atoms with E-state index in [-0.39, 0.29) is 17.4 Å². The van der Waals surface area contributed by atoms with Gasteiger partial charge < -0.3 is 5.32 Å². The highest BCUT2D eigenvalue weighted by molar-refractivity contribution is 5.94. The molecule has 0 saturated heterocycles. The molecule has 3 nitrogen and oxygen atoms in total. The minimum atomic E-state index is -0.569. The smallest absolute Gasteiger partial charge is 0.227 e. The molecule has 0 heterocycles. The Labute approximate surface area is 92.9 Å². The van der Waals surface area contributed by atoms with Gasteiger partial charge in [-0.2, -0.15) is 5.26 Å². The summed E-state index contributed by atoms with van der Waals surface area (Å²) in [6.07, 6.45) is 0.901. The van der Waals surface area contributed by atoms with Crippen LogP contribution in [0.2, 0.25) is 0 Å². The number of anilines is 1. The second-order valence-electron chi connectivity index (χ2n) is 4.12. The lowest BCUT2D eigenvalue weighted by molar-refractivity contribution is -0.117. The summed E-state index contributed by atoms with van der Waals surface area (Å²) >= 11 is 0. The maximum absolute atomic E-state index is 13.0. The van der Waals surface area contributed by atoms with Crippen molar-refractivity contribution in [2.75, 3.05) is 5.32 Å². The average molecular weight is 218 g/mol. The van der Waals surface area contributed by atoms with E-state index in [2.05, 4.69) is 5.32 Å². The van der Waals surface area contributed by atoms with Crippen LogP contribution in [0, 0.1) is 29.0 Å². The third kappa shape index (κ3) is 2.03. The minimum Gasteiger partial charge on any atom is -0.326 e. The molecule has 2 atom stereocenters. The number of hydrogen-bond donors (Lipinski definition) is 1. The number of nitrogens with one attached hydrogen (secondary N) is 1. The molecule has 0 aliphatic heterocycles. The van der Waals surface area contributed by atoms with Gasteiger partial charge in [0.05, 0.1) is 5.56 Å². The van der Waals surface area contributed by atoms with E-state index in [1.165, 1.54) is 18.2 Å². The third-order valence-corrected chi connectivity index (χ3v) is 2.80. The Balaban J connectivity index is 2.10.